The van der Waals surface area contributed by atoms with E-state index in [9.17, 15) is 18.4 Å². The first-order valence-electron chi connectivity index (χ1n) is 11.6. The Labute approximate surface area is 192 Å². The fourth-order valence-electron chi connectivity index (χ4n) is 5.56. The Kier molecular flexibility index (Phi) is 5.69. The number of alkyl halides is 2. The molecule has 1 aliphatic carbocycles. The van der Waals surface area contributed by atoms with Gasteiger partial charge in [0.15, 0.2) is 5.78 Å². The highest BCUT2D eigenvalue weighted by atomic mass is 19.3. The zero-order valence-corrected chi connectivity index (χ0v) is 18.7. The molecule has 3 aliphatic rings. The van der Waals surface area contributed by atoms with Gasteiger partial charge in [-0.3, -0.25) is 14.6 Å². The number of hydrogen-bond acceptors (Lipinski definition) is 4. The number of nitrogens with zero attached hydrogens (tertiary/aromatic N) is 2. The molecule has 0 unspecified atom stereocenters. The number of likely N-dealkylation sites (tertiary alicyclic amines) is 2. The predicted molar refractivity (Wildman–Crippen MR) is 120 cm³/mol. The van der Waals surface area contributed by atoms with Crippen LogP contribution >= 0.6 is 0 Å². The summed E-state index contributed by atoms with van der Waals surface area (Å²) < 4.78 is 32.9. The third kappa shape index (κ3) is 4.14. The highest BCUT2D eigenvalue weighted by Gasteiger charge is 2.44. The second kappa shape index (κ2) is 8.52. The van der Waals surface area contributed by atoms with Gasteiger partial charge >= 0.3 is 6.09 Å². The molecule has 2 aromatic carbocycles. The van der Waals surface area contributed by atoms with Crippen molar-refractivity contribution in [2.45, 2.75) is 50.1 Å². The van der Waals surface area contributed by atoms with Gasteiger partial charge in [-0.05, 0) is 35.6 Å². The third-order valence-electron chi connectivity index (χ3n) is 7.36. The third-order valence-corrected chi connectivity index (χ3v) is 7.36. The molecule has 2 saturated heterocycles. The van der Waals surface area contributed by atoms with Crippen molar-refractivity contribution in [1.82, 2.24) is 9.80 Å². The van der Waals surface area contributed by atoms with Crippen LogP contribution in [0, 0.1) is 0 Å². The van der Waals surface area contributed by atoms with Gasteiger partial charge in [0, 0.05) is 44.4 Å². The maximum atomic E-state index is 13.6. The van der Waals surface area contributed by atoms with Crippen molar-refractivity contribution in [2.75, 3.05) is 26.2 Å². The SMILES string of the molecule is CC(=O)[C@@H]1C[C@H](N2CCC(F)(F)CC2)CN1C(=O)OCC1c2ccccc2-c2ccccc21. The van der Waals surface area contributed by atoms with E-state index in [0.717, 1.165) is 22.3 Å². The second-order valence-corrected chi connectivity index (χ2v) is 9.36. The largest absolute Gasteiger partial charge is 0.448 e. The van der Waals surface area contributed by atoms with Crippen LogP contribution in [0.1, 0.15) is 43.2 Å². The Morgan fingerprint density at radius 2 is 1.58 bits per heavy atom. The van der Waals surface area contributed by atoms with Crippen molar-refractivity contribution >= 4 is 11.9 Å². The Balaban J connectivity index is 1.28. The average molecular weight is 455 g/mol. The van der Waals surface area contributed by atoms with Crippen LogP contribution < -0.4 is 0 Å². The van der Waals surface area contributed by atoms with E-state index in [-0.39, 0.29) is 50.3 Å². The maximum Gasteiger partial charge on any atom is 0.410 e. The normalized spacial score (nSPS) is 24.4. The molecule has 2 atom stereocenters. The number of ether oxygens (including phenoxy) is 1. The van der Waals surface area contributed by atoms with E-state index in [2.05, 4.69) is 24.3 Å². The van der Waals surface area contributed by atoms with Gasteiger partial charge in [0.2, 0.25) is 0 Å². The number of piperidine rings is 1. The van der Waals surface area contributed by atoms with Crippen LogP contribution in [0.4, 0.5) is 13.6 Å². The summed E-state index contributed by atoms with van der Waals surface area (Å²) in [6.07, 6.45) is -0.411. The number of benzene rings is 2. The number of halogens is 2. The minimum absolute atomic E-state index is 0.0557. The van der Waals surface area contributed by atoms with Crippen LogP contribution in [0.25, 0.3) is 11.1 Å². The van der Waals surface area contributed by atoms with E-state index >= 15 is 0 Å². The molecule has 0 radical (unpaired) electrons. The quantitative estimate of drug-likeness (QED) is 0.672. The number of hydrogen-bond donors (Lipinski definition) is 0. The lowest BCUT2D eigenvalue weighted by Crippen LogP contribution is -2.46. The average Bonchev–Trinajstić information content (AvgIpc) is 3.38. The van der Waals surface area contributed by atoms with Gasteiger partial charge in [-0.15, -0.1) is 0 Å². The van der Waals surface area contributed by atoms with Gasteiger partial charge in [-0.1, -0.05) is 48.5 Å². The summed E-state index contributed by atoms with van der Waals surface area (Å²) in [6.45, 7) is 2.55. The summed E-state index contributed by atoms with van der Waals surface area (Å²) >= 11 is 0. The molecule has 0 bridgehead atoms. The maximum absolute atomic E-state index is 13.6. The molecule has 5 nitrogen and oxygen atoms in total. The first-order valence-corrected chi connectivity index (χ1v) is 11.6. The molecule has 0 aromatic heterocycles. The summed E-state index contributed by atoms with van der Waals surface area (Å²) in [5, 5.41) is 0. The minimum Gasteiger partial charge on any atom is -0.448 e. The van der Waals surface area contributed by atoms with Crippen LogP contribution in [0.5, 0.6) is 0 Å². The fourth-order valence-corrected chi connectivity index (χ4v) is 5.56. The van der Waals surface area contributed by atoms with Gasteiger partial charge in [-0.25, -0.2) is 13.6 Å². The molecule has 7 heteroatoms. The van der Waals surface area contributed by atoms with E-state index < -0.39 is 18.1 Å². The molecule has 33 heavy (non-hydrogen) atoms. The van der Waals surface area contributed by atoms with Crippen molar-refractivity contribution in [3.63, 3.8) is 0 Å². The zero-order chi connectivity index (χ0) is 23.2. The number of rotatable bonds is 4. The second-order valence-electron chi connectivity index (χ2n) is 9.36. The van der Waals surface area contributed by atoms with Crippen molar-refractivity contribution in [2.24, 2.45) is 0 Å². The molecule has 2 aliphatic heterocycles. The molecule has 5 rings (SSSR count). The first kappa shape index (κ1) is 22.0. The van der Waals surface area contributed by atoms with Crippen LogP contribution in [0.2, 0.25) is 0 Å². The van der Waals surface area contributed by atoms with Gasteiger partial charge in [0.05, 0.1) is 6.04 Å². The van der Waals surface area contributed by atoms with Crippen molar-refractivity contribution < 1.29 is 23.1 Å². The Bertz CT molecular complexity index is 1020. The summed E-state index contributed by atoms with van der Waals surface area (Å²) in [5.41, 5.74) is 4.56. The Morgan fingerprint density at radius 3 is 2.15 bits per heavy atom. The van der Waals surface area contributed by atoms with Crippen LogP contribution in [0.3, 0.4) is 0 Å². The number of Topliss-reactive ketones (excluding diaryl/α,β-unsaturated/α-hetero) is 1. The lowest BCUT2D eigenvalue weighted by atomic mass is 9.98. The first-order chi connectivity index (χ1) is 15.8. The van der Waals surface area contributed by atoms with Crippen LogP contribution in [-0.2, 0) is 9.53 Å². The topological polar surface area (TPSA) is 49.9 Å². The summed E-state index contributed by atoms with van der Waals surface area (Å²) in [6, 6.07) is 15.6. The van der Waals surface area contributed by atoms with Crippen molar-refractivity contribution in [3.05, 3.63) is 59.7 Å². The standard InChI is InChI=1S/C26H28F2N2O3/c1-17(31)24-14-18(29-12-10-26(27,28)11-13-29)15-30(24)25(32)33-16-23-21-8-4-2-6-19(21)20-7-3-5-9-22(20)23/h2-9,18,23-24H,10-16H2,1H3/t18-,24-/m0/s1. The summed E-state index contributed by atoms with van der Waals surface area (Å²) in [4.78, 5) is 28.9. The molecule has 174 valence electrons. The van der Waals surface area contributed by atoms with Gasteiger partial charge in [-0.2, -0.15) is 0 Å². The fraction of sp³-hybridized carbons (Fsp3) is 0.462. The van der Waals surface area contributed by atoms with E-state index in [1.165, 1.54) is 11.8 Å². The number of amides is 1. The molecule has 1 amide bonds. The van der Waals surface area contributed by atoms with E-state index in [0.29, 0.717) is 13.0 Å². The summed E-state index contributed by atoms with van der Waals surface area (Å²) in [7, 11) is 0. The minimum atomic E-state index is -2.62. The highest BCUT2D eigenvalue weighted by Crippen LogP contribution is 2.44. The molecular formula is C26H28F2N2O3. The van der Waals surface area contributed by atoms with E-state index in [4.69, 9.17) is 4.74 Å². The highest BCUT2D eigenvalue weighted by molar-refractivity contribution is 5.86. The number of carbonyl (C=O) groups excluding carboxylic acids is 2. The predicted octanol–water partition coefficient (Wildman–Crippen LogP) is 4.70. The van der Waals surface area contributed by atoms with Crippen molar-refractivity contribution in [3.8, 4) is 11.1 Å². The van der Waals surface area contributed by atoms with Crippen molar-refractivity contribution in [1.29, 1.82) is 0 Å². The molecule has 2 fully saturated rings. The van der Waals surface area contributed by atoms with E-state index in [1.807, 2.05) is 29.2 Å². The molecule has 2 heterocycles. The van der Waals surface area contributed by atoms with Gasteiger partial charge in [0.1, 0.15) is 6.61 Å². The zero-order valence-electron chi connectivity index (χ0n) is 18.7. The monoisotopic (exact) mass is 454 g/mol. The number of carbonyl (C=O) groups is 2. The van der Waals surface area contributed by atoms with Crippen LogP contribution in [0.15, 0.2) is 48.5 Å². The summed E-state index contributed by atoms with van der Waals surface area (Å²) in [5.74, 6) is -2.78. The van der Waals surface area contributed by atoms with Gasteiger partial charge in [0.25, 0.3) is 5.92 Å². The molecule has 0 saturated carbocycles. The smallest absolute Gasteiger partial charge is 0.410 e. The number of ketones is 1. The van der Waals surface area contributed by atoms with Gasteiger partial charge < -0.3 is 4.74 Å². The molecular weight excluding hydrogens is 426 g/mol. The Morgan fingerprint density at radius 1 is 1.00 bits per heavy atom. The number of fused-ring (bicyclic) bond motifs is 3. The molecule has 2 aromatic rings. The Hall–Kier alpha value is -2.80. The lowest BCUT2D eigenvalue weighted by Gasteiger charge is -2.35. The molecule has 0 N–H and O–H groups in total. The molecule has 0 spiro atoms. The van der Waals surface area contributed by atoms with Crippen LogP contribution in [-0.4, -0.2) is 65.9 Å². The van der Waals surface area contributed by atoms with E-state index in [1.54, 1.807) is 0 Å². The lowest BCUT2D eigenvalue weighted by molar-refractivity contribution is -0.120.